The summed E-state index contributed by atoms with van der Waals surface area (Å²) in [5.41, 5.74) is 7.19. The highest BCUT2D eigenvalue weighted by molar-refractivity contribution is 7.10. The molecule has 3 heterocycles. The van der Waals surface area contributed by atoms with Crippen LogP contribution in [0.5, 0.6) is 0 Å². The topological polar surface area (TPSA) is 52.3 Å². The number of carbonyl (C=O) groups is 1. The van der Waals surface area contributed by atoms with Gasteiger partial charge in [0.05, 0.1) is 17.8 Å². The summed E-state index contributed by atoms with van der Waals surface area (Å²) in [4.78, 5) is 12.4. The van der Waals surface area contributed by atoms with Crippen molar-refractivity contribution in [3.63, 3.8) is 0 Å². The summed E-state index contributed by atoms with van der Waals surface area (Å²) in [6, 6.07) is 0. The van der Waals surface area contributed by atoms with E-state index < -0.39 is 0 Å². The quantitative estimate of drug-likeness (QED) is 0.764. The number of carbonyl (C=O) groups excluding carboxylic acids is 1. The third kappa shape index (κ3) is 1.04. The first kappa shape index (κ1) is 8.44. The Morgan fingerprint density at radius 3 is 3.21 bits per heavy atom. The summed E-state index contributed by atoms with van der Waals surface area (Å²) < 4.78 is 5.78. The molecule has 1 aromatic heterocycles. The minimum absolute atomic E-state index is 0.238. The highest BCUT2D eigenvalue weighted by Crippen LogP contribution is 2.44. The lowest BCUT2D eigenvalue weighted by atomic mass is 10.0. The molecule has 3 nitrogen and oxygen atoms in total. The number of ether oxygens (including phenoxy) is 1. The van der Waals surface area contributed by atoms with Crippen molar-refractivity contribution in [3.8, 4) is 0 Å². The molecular weight excluding hydrogens is 198 g/mol. The number of amides is 1. The molecule has 14 heavy (non-hydrogen) atoms. The first-order valence-corrected chi connectivity index (χ1v) is 5.69. The molecule has 0 aliphatic carbocycles. The Labute approximate surface area is 85.9 Å². The van der Waals surface area contributed by atoms with Gasteiger partial charge in [-0.15, -0.1) is 11.3 Å². The zero-order valence-corrected chi connectivity index (χ0v) is 8.47. The Kier molecular flexibility index (Phi) is 1.69. The van der Waals surface area contributed by atoms with Crippen LogP contribution in [0.1, 0.15) is 39.7 Å². The molecule has 1 aromatic rings. The highest BCUT2D eigenvalue weighted by Gasteiger charge is 2.36. The minimum Gasteiger partial charge on any atom is -0.369 e. The molecule has 1 amide bonds. The number of rotatable bonds is 1. The van der Waals surface area contributed by atoms with Gasteiger partial charge in [0.2, 0.25) is 5.91 Å². The largest absolute Gasteiger partial charge is 0.369 e. The van der Waals surface area contributed by atoms with E-state index in [-0.39, 0.29) is 12.0 Å². The molecule has 2 atom stereocenters. The third-order valence-electron chi connectivity index (χ3n) is 3.02. The molecular formula is C10H11NO2S. The molecule has 2 N–H and O–H groups in total. The summed E-state index contributed by atoms with van der Waals surface area (Å²) in [5.74, 6) is -0.302. The number of fused-ring (bicyclic) bond motifs is 4. The van der Waals surface area contributed by atoms with E-state index in [2.05, 4.69) is 0 Å². The maximum absolute atomic E-state index is 11.2. The van der Waals surface area contributed by atoms with Crippen LogP contribution in [0.4, 0.5) is 0 Å². The predicted molar refractivity (Wildman–Crippen MR) is 53.4 cm³/mol. The van der Waals surface area contributed by atoms with Gasteiger partial charge in [-0.3, -0.25) is 4.79 Å². The SMILES string of the molecule is NC(=O)c1csc2c1CC1CCC2O1. The van der Waals surface area contributed by atoms with Gasteiger partial charge in [0.25, 0.3) is 0 Å². The van der Waals surface area contributed by atoms with Gasteiger partial charge in [-0.1, -0.05) is 0 Å². The highest BCUT2D eigenvalue weighted by atomic mass is 32.1. The number of nitrogens with two attached hydrogens (primary N) is 1. The number of hydrogen-bond donors (Lipinski definition) is 1. The standard InChI is InChI=1S/C10H11NO2S/c11-10(12)7-4-14-9-6(7)3-5-1-2-8(9)13-5/h4-5,8H,1-3H2,(H2,11,12). The van der Waals surface area contributed by atoms with Crippen LogP contribution in [0.15, 0.2) is 5.38 Å². The number of thiophene rings is 1. The molecule has 3 rings (SSSR count). The Bertz CT molecular complexity index is 399. The summed E-state index contributed by atoms with van der Waals surface area (Å²) in [7, 11) is 0. The maximum Gasteiger partial charge on any atom is 0.249 e. The zero-order chi connectivity index (χ0) is 9.71. The average molecular weight is 209 g/mol. The van der Waals surface area contributed by atoms with Crippen molar-refractivity contribution < 1.29 is 9.53 Å². The third-order valence-corrected chi connectivity index (χ3v) is 4.14. The van der Waals surface area contributed by atoms with Crippen LogP contribution in [-0.4, -0.2) is 12.0 Å². The van der Waals surface area contributed by atoms with E-state index in [9.17, 15) is 4.79 Å². The predicted octanol–water partition coefficient (Wildman–Crippen LogP) is 1.62. The molecule has 1 saturated heterocycles. The lowest BCUT2D eigenvalue weighted by Crippen LogP contribution is -2.20. The number of primary amides is 1. The lowest BCUT2D eigenvalue weighted by Gasteiger charge is -2.20. The van der Waals surface area contributed by atoms with E-state index in [1.54, 1.807) is 11.3 Å². The second-order valence-corrected chi connectivity index (χ2v) is 4.80. The van der Waals surface area contributed by atoms with Crippen molar-refractivity contribution in [1.82, 2.24) is 0 Å². The van der Waals surface area contributed by atoms with Crippen LogP contribution in [0.25, 0.3) is 0 Å². The Morgan fingerprint density at radius 2 is 2.43 bits per heavy atom. The Morgan fingerprint density at radius 1 is 1.57 bits per heavy atom. The number of hydrogen-bond acceptors (Lipinski definition) is 3. The van der Waals surface area contributed by atoms with Crippen molar-refractivity contribution in [1.29, 1.82) is 0 Å². The van der Waals surface area contributed by atoms with Crippen molar-refractivity contribution >= 4 is 17.2 Å². The molecule has 0 saturated carbocycles. The second kappa shape index (κ2) is 2.81. The summed E-state index contributed by atoms with van der Waals surface area (Å²) in [6.07, 6.45) is 3.64. The Balaban J connectivity index is 2.11. The van der Waals surface area contributed by atoms with Gasteiger partial charge >= 0.3 is 0 Å². The van der Waals surface area contributed by atoms with Gasteiger partial charge in [-0.25, -0.2) is 0 Å². The van der Waals surface area contributed by atoms with Crippen LogP contribution in [0, 0.1) is 0 Å². The minimum atomic E-state index is -0.302. The van der Waals surface area contributed by atoms with Gasteiger partial charge < -0.3 is 10.5 Å². The summed E-state index contributed by atoms with van der Waals surface area (Å²) >= 11 is 1.61. The van der Waals surface area contributed by atoms with E-state index in [1.807, 2.05) is 5.38 Å². The normalized spacial score (nSPS) is 28.9. The van der Waals surface area contributed by atoms with E-state index in [4.69, 9.17) is 10.5 Å². The lowest BCUT2D eigenvalue weighted by molar-refractivity contribution is 0.0348. The molecule has 2 unspecified atom stereocenters. The maximum atomic E-state index is 11.2. The van der Waals surface area contributed by atoms with E-state index in [1.165, 1.54) is 4.88 Å². The summed E-state index contributed by atoms with van der Waals surface area (Å²) in [6.45, 7) is 0. The van der Waals surface area contributed by atoms with Crippen LogP contribution < -0.4 is 5.73 Å². The van der Waals surface area contributed by atoms with Gasteiger partial charge in [0.1, 0.15) is 0 Å². The molecule has 2 aliphatic heterocycles. The second-order valence-electron chi connectivity index (χ2n) is 3.88. The fourth-order valence-corrected chi connectivity index (χ4v) is 3.53. The van der Waals surface area contributed by atoms with Crippen molar-refractivity contribution in [3.05, 3.63) is 21.4 Å². The first-order valence-electron chi connectivity index (χ1n) is 4.81. The monoisotopic (exact) mass is 209 g/mol. The molecule has 0 aromatic carbocycles. The Hall–Kier alpha value is -0.870. The molecule has 2 bridgehead atoms. The fraction of sp³-hybridized carbons (Fsp3) is 0.500. The molecule has 1 fully saturated rings. The van der Waals surface area contributed by atoms with Gasteiger partial charge in [0, 0.05) is 16.7 Å². The van der Waals surface area contributed by atoms with E-state index >= 15 is 0 Å². The molecule has 4 heteroatoms. The molecule has 0 radical (unpaired) electrons. The van der Waals surface area contributed by atoms with E-state index in [0.717, 1.165) is 24.8 Å². The van der Waals surface area contributed by atoms with Crippen molar-refractivity contribution in [2.24, 2.45) is 5.73 Å². The zero-order valence-electron chi connectivity index (χ0n) is 7.66. The molecule has 2 aliphatic rings. The van der Waals surface area contributed by atoms with Crippen molar-refractivity contribution in [2.75, 3.05) is 0 Å². The molecule has 0 spiro atoms. The van der Waals surface area contributed by atoms with Gasteiger partial charge in [-0.2, -0.15) is 0 Å². The first-order chi connectivity index (χ1) is 6.75. The van der Waals surface area contributed by atoms with Gasteiger partial charge in [0.15, 0.2) is 0 Å². The van der Waals surface area contributed by atoms with Gasteiger partial charge in [-0.05, 0) is 18.4 Å². The average Bonchev–Trinajstić information content (AvgIpc) is 2.71. The fourth-order valence-electron chi connectivity index (χ4n) is 2.36. The van der Waals surface area contributed by atoms with Crippen LogP contribution >= 0.6 is 11.3 Å². The summed E-state index contributed by atoms with van der Waals surface area (Å²) in [5, 5.41) is 1.87. The van der Waals surface area contributed by atoms with Crippen LogP contribution in [0.3, 0.4) is 0 Å². The van der Waals surface area contributed by atoms with Crippen LogP contribution in [-0.2, 0) is 11.2 Å². The molecule has 74 valence electrons. The smallest absolute Gasteiger partial charge is 0.249 e. The van der Waals surface area contributed by atoms with E-state index in [0.29, 0.717) is 11.7 Å². The van der Waals surface area contributed by atoms with Crippen molar-refractivity contribution in [2.45, 2.75) is 31.5 Å². The van der Waals surface area contributed by atoms with Crippen LogP contribution in [0.2, 0.25) is 0 Å².